The van der Waals surface area contributed by atoms with Gasteiger partial charge in [-0.3, -0.25) is 0 Å². The molecule has 0 spiro atoms. The van der Waals surface area contributed by atoms with E-state index in [2.05, 4.69) is 88.4 Å². The molecule has 0 saturated heterocycles. The smallest absolute Gasteiger partial charge is 0.215 e. The predicted molar refractivity (Wildman–Crippen MR) is 174 cm³/mol. The molecule has 1 aliphatic heterocycles. The Morgan fingerprint density at radius 2 is 1.15 bits per heavy atom. The van der Waals surface area contributed by atoms with Crippen molar-refractivity contribution in [2.45, 2.75) is 130 Å². The van der Waals surface area contributed by atoms with Crippen LogP contribution in [0.5, 0.6) is 0 Å². The van der Waals surface area contributed by atoms with Crippen molar-refractivity contribution in [3.8, 4) is 0 Å². The molecule has 3 rings (SSSR count). The van der Waals surface area contributed by atoms with E-state index >= 15 is 0 Å². The fourth-order valence-electron chi connectivity index (χ4n) is 5.76. The number of allylic oxidation sites excluding steroid dienone is 4. The zero-order valence-corrected chi connectivity index (χ0v) is 27.3. The van der Waals surface area contributed by atoms with E-state index in [1.807, 2.05) is 0 Å². The second-order valence-electron chi connectivity index (χ2n) is 11.6. The van der Waals surface area contributed by atoms with Crippen LogP contribution in [0.2, 0.25) is 0 Å². The predicted octanol–water partition coefficient (Wildman–Crippen LogP) is 12.0. The fourth-order valence-corrected chi connectivity index (χ4v) is 5.76. The maximum Gasteiger partial charge on any atom is 0.215 e. The van der Waals surface area contributed by atoms with Gasteiger partial charge in [0.15, 0.2) is 0 Å². The van der Waals surface area contributed by atoms with Crippen LogP contribution in [0, 0.1) is 0 Å². The van der Waals surface area contributed by atoms with Gasteiger partial charge in [0.05, 0.1) is 5.57 Å². The molecule has 0 amide bonds. The normalized spacial score (nSPS) is 13.5. The fraction of sp³-hybridized carbons (Fsp3) is 0.526. The second kappa shape index (κ2) is 19.8. The molecule has 1 heterocycles. The molecule has 41 heavy (non-hydrogen) atoms. The van der Waals surface area contributed by atoms with E-state index < -0.39 is 0 Å². The molecule has 0 radical (unpaired) electrons. The summed E-state index contributed by atoms with van der Waals surface area (Å²) in [5.41, 5.74) is 21.3. The summed E-state index contributed by atoms with van der Waals surface area (Å²) in [6.07, 6.45) is 23.7. The van der Waals surface area contributed by atoms with Gasteiger partial charge in [-0.2, -0.15) is 0 Å². The van der Waals surface area contributed by atoms with Crippen molar-refractivity contribution in [3.05, 3.63) is 99.6 Å². The minimum Gasteiger partial charge on any atom is -0.493 e. The van der Waals surface area contributed by atoms with Crippen molar-refractivity contribution < 1.29 is 21.2 Å². The van der Waals surface area contributed by atoms with Crippen LogP contribution in [0.1, 0.15) is 140 Å². The van der Waals surface area contributed by atoms with E-state index in [0.717, 1.165) is 61.0 Å². The van der Waals surface area contributed by atoms with E-state index in [9.17, 15) is 5.53 Å². The van der Waals surface area contributed by atoms with E-state index in [1.54, 1.807) is 0 Å². The zero-order chi connectivity index (χ0) is 28.6. The number of aryl methyl sites for hydroxylation is 2. The van der Waals surface area contributed by atoms with Gasteiger partial charge >= 0.3 is 0 Å². The molecule has 226 valence electrons. The first-order valence-corrected chi connectivity index (χ1v) is 16.5. The number of rotatable bonds is 19. The van der Waals surface area contributed by atoms with Crippen LogP contribution in [0.25, 0.3) is 16.9 Å². The summed E-state index contributed by atoms with van der Waals surface area (Å²) in [6.45, 7) is 9.03. The first-order valence-electron chi connectivity index (χ1n) is 16.5. The van der Waals surface area contributed by atoms with E-state index in [1.165, 1.54) is 91.2 Å². The Morgan fingerprint density at radius 3 is 1.78 bits per heavy atom. The summed E-state index contributed by atoms with van der Waals surface area (Å²) in [4.78, 5) is 0. The largest absolute Gasteiger partial charge is 0.493 e. The Morgan fingerprint density at radius 1 is 0.610 bits per heavy atom. The Bertz CT molecular complexity index is 1170. The molecule has 2 aromatic rings. The first-order chi connectivity index (χ1) is 19.6. The van der Waals surface area contributed by atoms with Crippen LogP contribution in [0.3, 0.4) is 0 Å². The van der Waals surface area contributed by atoms with Crippen LogP contribution in [0.15, 0.2) is 71.8 Å². The van der Waals surface area contributed by atoms with E-state index in [0.29, 0.717) is 0 Å². The molecule has 0 unspecified atom stereocenters. The zero-order valence-electron chi connectivity index (χ0n) is 26.3. The molecule has 0 fully saturated rings. The van der Waals surface area contributed by atoms with Gasteiger partial charge in [-0.15, -0.1) is 0 Å². The molecule has 0 aliphatic carbocycles. The number of unbranched alkanes of at least 4 members (excludes halogenated alkanes) is 9. The van der Waals surface area contributed by atoms with Gasteiger partial charge in [0.1, 0.15) is 0 Å². The monoisotopic (exact) mass is 596 g/mol. The molecular weight excluding hydrogens is 543 g/mol. The molecule has 1 aliphatic rings. The molecule has 0 bridgehead atoms. The maximum atomic E-state index is 12.0. The standard InChI is InChI=1S/C38H54N2.Ni/c1-5-9-13-14-15-16-18-28-36-35(27-12-8-4)37(33-25-19-23-31(29-33)21-11-7-3)40(39)38(36)34-26-20-24-32(30-34)22-17-10-6-2;/h18-20,23-26,28-30H,5-17,21-22,27H2,1-4H3;. The minimum absolute atomic E-state index is 0. The topological polar surface area (TPSA) is 25.3 Å². The maximum absolute atomic E-state index is 12.0. The summed E-state index contributed by atoms with van der Waals surface area (Å²) < 4.78 is 1.52. The van der Waals surface area contributed by atoms with Gasteiger partial charge in [0.25, 0.3) is 0 Å². The van der Waals surface area contributed by atoms with Crippen molar-refractivity contribution in [2.24, 2.45) is 0 Å². The number of nitrogens with zero attached hydrogens (tertiary/aromatic N) is 2. The Kier molecular flexibility index (Phi) is 16.9. The van der Waals surface area contributed by atoms with Crippen molar-refractivity contribution in [3.63, 3.8) is 0 Å². The van der Waals surface area contributed by atoms with Crippen LogP contribution < -0.4 is 0 Å². The molecular formula is C38H54N2Ni. The van der Waals surface area contributed by atoms with Crippen LogP contribution in [-0.2, 0) is 29.3 Å². The third-order valence-corrected chi connectivity index (χ3v) is 8.12. The van der Waals surface area contributed by atoms with Gasteiger partial charge in [0, 0.05) is 33.2 Å². The van der Waals surface area contributed by atoms with Crippen LogP contribution >= 0.6 is 0 Å². The molecule has 2 aromatic carbocycles. The first kappa shape index (κ1) is 35.0. The van der Waals surface area contributed by atoms with Gasteiger partial charge in [-0.1, -0.05) is 115 Å². The van der Waals surface area contributed by atoms with Crippen LogP contribution in [0.4, 0.5) is 0 Å². The molecule has 0 atom stereocenters. The second-order valence-corrected chi connectivity index (χ2v) is 11.6. The molecule has 2 nitrogen and oxygen atoms in total. The summed E-state index contributed by atoms with van der Waals surface area (Å²) in [5, 5.41) is 0. The van der Waals surface area contributed by atoms with Gasteiger partial charge < -0.3 is 5.53 Å². The number of benzene rings is 2. The summed E-state index contributed by atoms with van der Waals surface area (Å²) >= 11 is 0. The van der Waals surface area contributed by atoms with Crippen molar-refractivity contribution >= 4 is 11.4 Å². The van der Waals surface area contributed by atoms with Crippen LogP contribution in [-0.4, -0.2) is 4.70 Å². The average molecular weight is 598 g/mol. The Balaban J connectivity index is 0.00000588. The van der Waals surface area contributed by atoms with Crippen molar-refractivity contribution in [1.82, 2.24) is 0 Å². The van der Waals surface area contributed by atoms with Crippen molar-refractivity contribution in [2.75, 3.05) is 0 Å². The molecule has 0 N–H and O–H groups in total. The third-order valence-electron chi connectivity index (χ3n) is 8.12. The van der Waals surface area contributed by atoms with E-state index in [4.69, 9.17) is 0 Å². The summed E-state index contributed by atoms with van der Waals surface area (Å²) in [6, 6.07) is 17.8. The van der Waals surface area contributed by atoms with Gasteiger partial charge in [0.2, 0.25) is 11.4 Å². The molecule has 0 aromatic heterocycles. The summed E-state index contributed by atoms with van der Waals surface area (Å²) in [7, 11) is 0. The molecule has 0 saturated carbocycles. The third kappa shape index (κ3) is 10.5. The molecule has 3 heteroatoms. The van der Waals surface area contributed by atoms with E-state index in [-0.39, 0.29) is 16.5 Å². The Hall–Kier alpha value is -2.25. The number of hydrogen-bond donors (Lipinski definition) is 0. The Labute approximate surface area is 261 Å². The minimum atomic E-state index is 0. The van der Waals surface area contributed by atoms with Gasteiger partial charge in [-0.25, -0.2) is 4.70 Å². The van der Waals surface area contributed by atoms with Crippen molar-refractivity contribution in [1.29, 1.82) is 0 Å². The average Bonchev–Trinajstić information content (AvgIpc) is 3.25. The quantitative estimate of drug-likeness (QED) is 0.0875. The number of hydrogen-bond acceptors (Lipinski definition) is 0. The van der Waals surface area contributed by atoms with Gasteiger partial charge in [-0.05, 0) is 86.8 Å². The summed E-state index contributed by atoms with van der Waals surface area (Å²) in [5.74, 6) is 0. The SMILES string of the molecule is CCCCCCCC=CC1=C(c2cccc(CCCCC)c2)[N+](=[N-])C(c2cccc(CCCC)c2)=C1CCCC.[Ni].